The Morgan fingerprint density at radius 1 is 1.07 bits per heavy atom. The van der Waals surface area contributed by atoms with E-state index in [1.54, 1.807) is 18.2 Å². The van der Waals surface area contributed by atoms with Crippen molar-refractivity contribution in [2.24, 2.45) is 0 Å². The van der Waals surface area contributed by atoms with E-state index in [1.165, 1.54) is 41.1 Å². The summed E-state index contributed by atoms with van der Waals surface area (Å²) in [4.78, 5) is 37.3. The highest BCUT2D eigenvalue weighted by Gasteiger charge is 2.26. The number of amides is 2. The molecule has 2 aromatic carbocycles. The lowest BCUT2D eigenvalue weighted by Crippen LogP contribution is -2.51. The molecule has 1 saturated heterocycles. The molecule has 0 atom stereocenters. The van der Waals surface area contributed by atoms with Gasteiger partial charge in [-0.05, 0) is 60.8 Å². The van der Waals surface area contributed by atoms with Crippen molar-refractivity contribution in [2.75, 3.05) is 0 Å². The van der Waals surface area contributed by atoms with Gasteiger partial charge in [-0.1, -0.05) is 11.6 Å². The third kappa shape index (κ3) is 3.55. The molecule has 0 spiro atoms. The van der Waals surface area contributed by atoms with Crippen LogP contribution in [0.1, 0.15) is 15.9 Å². The second-order valence-electron chi connectivity index (χ2n) is 6.22. The predicted octanol–water partition coefficient (Wildman–Crippen LogP) is 3.04. The highest BCUT2D eigenvalue weighted by Crippen LogP contribution is 2.28. The number of hydrogen-bond acceptors (Lipinski definition) is 4. The normalized spacial score (nSPS) is 14.0. The highest BCUT2D eigenvalue weighted by atomic mass is 35.5. The third-order valence-electron chi connectivity index (χ3n) is 4.35. The number of nitrogens with one attached hydrogen (secondary N) is 2. The van der Waals surface area contributed by atoms with Gasteiger partial charge in [0.15, 0.2) is 5.11 Å². The van der Waals surface area contributed by atoms with E-state index < -0.39 is 23.5 Å². The van der Waals surface area contributed by atoms with E-state index in [9.17, 15) is 18.8 Å². The van der Waals surface area contributed by atoms with Gasteiger partial charge in [-0.25, -0.2) is 4.39 Å². The number of benzene rings is 2. The molecular formula is C20H11ClFN3O3S. The number of thiocarbonyl (C=S) groups is 1. The maximum atomic E-state index is 13.2. The largest absolute Gasteiger partial charge is 0.299 e. The molecule has 3 aromatic rings. The Balaban J connectivity index is 1.86. The molecule has 2 amide bonds. The van der Waals surface area contributed by atoms with Gasteiger partial charge in [-0.15, -0.1) is 0 Å². The zero-order valence-electron chi connectivity index (χ0n) is 14.5. The molecule has 29 heavy (non-hydrogen) atoms. The van der Waals surface area contributed by atoms with Crippen LogP contribution in [0.3, 0.4) is 0 Å². The molecule has 1 aliphatic heterocycles. The van der Waals surface area contributed by atoms with Crippen molar-refractivity contribution in [2.45, 2.75) is 0 Å². The first-order chi connectivity index (χ1) is 13.8. The van der Waals surface area contributed by atoms with E-state index in [-0.39, 0.29) is 16.2 Å². The van der Waals surface area contributed by atoms with Crippen molar-refractivity contribution < 1.29 is 18.8 Å². The molecule has 0 bridgehead atoms. The van der Waals surface area contributed by atoms with Crippen LogP contribution < -0.4 is 10.6 Å². The second-order valence-corrected chi connectivity index (χ2v) is 7.07. The minimum absolute atomic E-state index is 0.0749. The number of carbonyl (C=O) groups excluding carboxylic acids is 3. The van der Waals surface area contributed by atoms with Crippen LogP contribution in [0.4, 0.5) is 4.39 Å². The molecule has 144 valence electrons. The van der Waals surface area contributed by atoms with Gasteiger partial charge in [0.1, 0.15) is 11.4 Å². The van der Waals surface area contributed by atoms with Crippen LogP contribution in [0.15, 0.2) is 54.2 Å². The number of aromatic nitrogens is 1. The summed E-state index contributed by atoms with van der Waals surface area (Å²) in [6.45, 7) is 0. The molecule has 6 nitrogen and oxygen atoms in total. The smallest absolute Gasteiger partial charge is 0.263 e. The zero-order valence-corrected chi connectivity index (χ0v) is 16.1. The molecule has 2 heterocycles. The molecule has 9 heteroatoms. The summed E-state index contributed by atoms with van der Waals surface area (Å²) in [6, 6.07) is 10.0. The van der Waals surface area contributed by atoms with Gasteiger partial charge in [0.05, 0.1) is 5.52 Å². The monoisotopic (exact) mass is 427 g/mol. The van der Waals surface area contributed by atoms with Gasteiger partial charge in [0.25, 0.3) is 17.7 Å². The fourth-order valence-electron chi connectivity index (χ4n) is 3.00. The summed E-state index contributed by atoms with van der Waals surface area (Å²) in [6.07, 6.45) is 2.85. The Hall–Kier alpha value is -3.36. The number of rotatable bonds is 2. The van der Waals surface area contributed by atoms with Crippen molar-refractivity contribution >= 4 is 63.6 Å². The standard InChI is InChI=1S/C20H11ClFN3O3S/c21-12-3-6-16-14(8-12)11(7-15-17(26)23-20(29)24-18(15)27)9-25(16)19(28)10-1-4-13(22)5-2-10/h1-9H,(H2,23,24,26,27,29). The van der Waals surface area contributed by atoms with Gasteiger partial charge < -0.3 is 0 Å². The molecule has 0 radical (unpaired) electrons. The van der Waals surface area contributed by atoms with Crippen LogP contribution in [0.2, 0.25) is 5.02 Å². The van der Waals surface area contributed by atoms with Crippen molar-refractivity contribution in [3.63, 3.8) is 0 Å². The van der Waals surface area contributed by atoms with Gasteiger partial charge >= 0.3 is 0 Å². The quantitative estimate of drug-likeness (QED) is 0.374. The lowest BCUT2D eigenvalue weighted by molar-refractivity contribution is -0.123. The molecule has 1 fully saturated rings. The fourth-order valence-corrected chi connectivity index (χ4v) is 3.36. The molecule has 1 aromatic heterocycles. The number of halogens is 2. The molecule has 0 unspecified atom stereocenters. The summed E-state index contributed by atoms with van der Waals surface area (Å²) in [5.74, 6) is -2.15. The van der Waals surface area contributed by atoms with E-state index in [1.807, 2.05) is 0 Å². The Labute approximate surface area is 173 Å². The molecule has 1 aliphatic rings. The number of carbonyl (C=O) groups is 3. The van der Waals surface area contributed by atoms with Crippen LogP contribution in [-0.4, -0.2) is 27.4 Å². The minimum Gasteiger partial charge on any atom is -0.299 e. The Morgan fingerprint density at radius 2 is 1.72 bits per heavy atom. The lowest BCUT2D eigenvalue weighted by Gasteiger charge is -2.16. The first-order valence-corrected chi connectivity index (χ1v) is 9.11. The van der Waals surface area contributed by atoms with Crippen LogP contribution >= 0.6 is 23.8 Å². The maximum Gasteiger partial charge on any atom is 0.263 e. The average Bonchev–Trinajstić information content (AvgIpc) is 3.02. The van der Waals surface area contributed by atoms with Gasteiger partial charge in [-0.2, -0.15) is 0 Å². The van der Waals surface area contributed by atoms with E-state index in [0.29, 0.717) is 21.5 Å². The van der Waals surface area contributed by atoms with E-state index in [2.05, 4.69) is 10.6 Å². The van der Waals surface area contributed by atoms with Gasteiger partial charge in [-0.3, -0.25) is 29.6 Å². The summed E-state index contributed by atoms with van der Waals surface area (Å²) < 4.78 is 14.5. The maximum absolute atomic E-state index is 13.2. The third-order valence-corrected chi connectivity index (χ3v) is 4.79. The molecule has 0 saturated carbocycles. The van der Waals surface area contributed by atoms with Crippen LogP contribution in [0.5, 0.6) is 0 Å². The fraction of sp³-hybridized carbons (Fsp3) is 0. The van der Waals surface area contributed by atoms with Crippen LogP contribution in [0, 0.1) is 5.82 Å². The Morgan fingerprint density at radius 3 is 2.38 bits per heavy atom. The molecule has 0 aliphatic carbocycles. The Kier molecular flexibility index (Phi) is 4.73. The number of hydrogen-bond donors (Lipinski definition) is 2. The lowest BCUT2D eigenvalue weighted by atomic mass is 10.1. The molecule has 4 rings (SSSR count). The van der Waals surface area contributed by atoms with Crippen molar-refractivity contribution in [1.82, 2.24) is 15.2 Å². The van der Waals surface area contributed by atoms with E-state index in [4.69, 9.17) is 23.8 Å². The topological polar surface area (TPSA) is 80.2 Å². The second kappa shape index (κ2) is 7.23. The molecule has 2 N–H and O–H groups in total. The van der Waals surface area contributed by atoms with Crippen LogP contribution in [-0.2, 0) is 9.59 Å². The number of nitrogens with zero attached hydrogens (tertiary/aromatic N) is 1. The zero-order chi connectivity index (χ0) is 20.7. The van der Waals surface area contributed by atoms with E-state index in [0.717, 1.165) is 0 Å². The van der Waals surface area contributed by atoms with Crippen molar-refractivity contribution in [3.05, 3.63) is 76.2 Å². The Bertz CT molecular complexity index is 1230. The van der Waals surface area contributed by atoms with Crippen molar-refractivity contribution in [3.8, 4) is 0 Å². The summed E-state index contributed by atoms with van der Waals surface area (Å²) in [5, 5.41) is 5.62. The molecular weight excluding hydrogens is 417 g/mol. The first kappa shape index (κ1) is 19.0. The minimum atomic E-state index is -0.647. The number of fused-ring (bicyclic) bond motifs is 1. The summed E-state index contributed by atoms with van der Waals surface area (Å²) in [5.41, 5.74) is 1.07. The van der Waals surface area contributed by atoms with Gasteiger partial charge in [0, 0.05) is 27.7 Å². The van der Waals surface area contributed by atoms with Crippen molar-refractivity contribution in [1.29, 1.82) is 0 Å². The predicted molar refractivity (Wildman–Crippen MR) is 110 cm³/mol. The van der Waals surface area contributed by atoms with Crippen LogP contribution in [0.25, 0.3) is 17.0 Å². The average molecular weight is 428 g/mol. The highest BCUT2D eigenvalue weighted by molar-refractivity contribution is 7.80. The van der Waals surface area contributed by atoms with E-state index >= 15 is 0 Å². The first-order valence-electron chi connectivity index (χ1n) is 8.33. The summed E-state index contributed by atoms with van der Waals surface area (Å²) >= 11 is 10.9. The van der Waals surface area contributed by atoms with Gasteiger partial charge in [0.2, 0.25) is 0 Å². The summed E-state index contributed by atoms with van der Waals surface area (Å²) in [7, 11) is 0. The SMILES string of the molecule is O=C1NC(=S)NC(=O)C1=Cc1cn(C(=O)c2ccc(F)cc2)c2ccc(Cl)cc12.